The largest absolute Gasteiger partial charge is 0.391 e. The summed E-state index contributed by atoms with van der Waals surface area (Å²) in [6, 6.07) is 6.75. The summed E-state index contributed by atoms with van der Waals surface area (Å²) in [5.74, 6) is -0.251. The lowest BCUT2D eigenvalue weighted by molar-refractivity contribution is 0.0921. The number of aromatic nitrogens is 2. The highest BCUT2D eigenvalue weighted by molar-refractivity contribution is 6.42. The quantitative estimate of drug-likeness (QED) is 0.777. The third kappa shape index (κ3) is 3.67. The highest BCUT2D eigenvalue weighted by atomic mass is 35.5. The summed E-state index contributed by atoms with van der Waals surface area (Å²) in [6.45, 7) is 1.66. The molecule has 3 rings (SSSR count). The van der Waals surface area contributed by atoms with Crippen molar-refractivity contribution < 1.29 is 9.90 Å². The fourth-order valence-corrected chi connectivity index (χ4v) is 2.75. The molecule has 0 bridgehead atoms. The number of aliphatic hydroxyl groups is 1. The zero-order valence-corrected chi connectivity index (χ0v) is 13.7. The summed E-state index contributed by atoms with van der Waals surface area (Å²) in [6.07, 6.45) is 1.25. The molecule has 23 heavy (non-hydrogen) atoms. The average molecular weight is 355 g/mol. The number of amides is 1. The fraction of sp³-hybridized carbons (Fsp3) is 0.333. The molecular weight excluding hydrogens is 339 g/mol. The maximum absolute atomic E-state index is 12.1. The van der Waals surface area contributed by atoms with Crippen LogP contribution in [-0.2, 0) is 0 Å². The number of rotatable bonds is 4. The van der Waals surface area contributed by atoms with Crippen molar-refractivity contribution in [3.05, 3.63) is 46.2 Å². The fourth-order valence-electron chi connectivity index (χ4n) is 2.46. The van der Waals surface area contributed by atoms with E-state index in [1.165, 1.54) is 0 Å². The highest BCUT2D eigenvalue weighted by Crippen LogP contribution is 2.24. The summed E-state index contributed by atoms with van der Waals surface area (Å²) in [5, 5.41) is 20.7. The van der Waals surface area contributed by atoms with E-state index in [0.29, 0.717) is 41.1 Å². The second-order valence-electron chi connectivity index (χ2n) is 5.44. The van der Waals surface area contributed by atoms with E-state index in [1.54, 1.807) is 35.1 Å². The van der Waals surface area contributed by atoms with Gasteiger partial charge in [0.25, 0.3) is 5.91 Å². The van der Waals surface area contributed by atoms with Gasteiger partial charge in [-0.1, -0.05) is 23.2 Å². The average Bonchev–Trinajstić information content (AvgIpc) is 3.17. The van der Waals surface area contributed by atoms with Crippen molar-refractivity contribution in [3.8, 4) is 5.69 Å². The first kappa shape index (κ1) is 16.3. The molecule has 1 aliphatic heterocycles. The first-order chi connectivity index (χ1) is 11.0. The number of aliphatic hydroxyl groups excluding tert-OH is 1. The van der Waals surface area contributed by atoms with Gasteiger partial charge in [-0.25, -0.2) is 4.68 Å². The van der Waals surface area contributed by atoms with Crippen LogP contribution in [0.2, 0.25) is 10.0 Å². The topological polar surface area (TPSA) is 79.2 Å². The van der Waals surface area contributed by atoms with Crippen LogP contribution in [0.1, 0.15) is 10.5 Å². The Morgan fingerprint density at radius 1 is 1.35 bits per heavy atom. The Balaban J connectivity index is 1.66. The minimum absolute atomic E-state index is 0.0242. The molecule has 1 saturated heterocycles. The maximum Gasteiger partial charge on any atom is 0.271 e. The number of hydrogen-bond donors (Lipinski definition) is 3. The SMILES string of the molecule is O=C(NCC1CNCC1O)c1ccn(-c2ccc(Cl)c(Cl)c2)n1. The summed E-state index contributed by atoms with van der Waals surface area (Å²) >= 11 is 11.9. The molecule has 1 aromatic carbocycles. The lowest BCUT2D eigenvalue weighted by Crippen LogP contribution is -2.34. The van der Waals surface area contributed by atoms with E-state index < -0.39 is 6.10 Å². The van der Waals surface area contributed by atoms with E-state index in [2.05, 4.69) is 15.7 Å². The van der Waals surface area contributed by atoms with Gasteiger partial charge in [0.1, 0.15) is 0 Å². The van der Waals surface area contributed by atoms with Crippen LogP contribution < -0.4 is 10.6 Å². The van der Waals surface area contributed by atoms with Gasteiger partial charge >= 0.3 is 0 Å². The van der Waals surface area contributed by atoms with Crippen molar-refractivity contribution in [2.24, 2.45) is 5.92 Å². The van der Waals surface area contributed by atoms with E-state index in [1.807, 2.05) is 0 Å². The van der Waals surface area contributed by atoms with Gasteiger partial charge in [-0.05, 0) is 24.3 Å². The van der Waals surface area contributed by atoms with E-state index >= 15 is 0 Å². The molecule has 2 heterocycles. The summed E-state index contributed by atoms with van der Waals surface area (Å²) in [4.78, 5) is 12.1. The molecule has 8 heteroatoms. The number of benzene rings is 1. The van der Waals surface area contributed by atoms with E-state index in [4.69, 9.17) is 23.2 Å². The lowest BCUT2D eigenvalue weighted by Gasteiger charge is -2.13. The van der Waals surface area contributed by atoms with Crippen LogP contribution in [0.25, 0.3) is 5.69 Å². The Morgan fingerprint density at radius 3 is 2.87 bits per heavy atom. The predicted octanol–water partition coefficient (Wildman–Crippen LogP) is 1.49. The molecule has 1 aliphatic rings. The first-order valence-corrected chi connectivity index (χ1v) is 7.98. The second-order valence-corrected chi connectivity index (χ2v) is 6.25. The van der Waals surface area contributed by atoms with Crippen molar-refractivity contribution in [2.75, 3.05) is 19.6 Å². The van der Waals surface area contributed by atoms with Crippen molar-refractivity contribution >= 4 is 29.1 Å². The standard InChI is InChI=1S/C15H16Cl2N4O2/c16-11-2-1-10(5-12(11)17)21-4-3-13(20-21)15(23)19-7-9-6-18-8-14(9)22/h1-5,9,14,18,22H,6-8H2,(H,19,23). The first-order valence-electron chi connectivity index (χ1n) is 7.22. The zero-order chi connectivity index (χ0) is 16.4. The van der Waals surface area contributed by atoms with E-state index in [0.717, 1.165) is 0 Å². The monoisotopic (exact) mass is 354 g/mol. The number of nitrogens with zero attached hydrogens (tertiary/aromatic N) is 2. The third-order valence-electron chi connectivity index (χ3n) is 3.82. The van der Waals surface area contributed by atoms with Crippen molar-refractivity contribution in [1.29, 1.82) is 0 Å². The minimum atomic E-state index is -0.427. The zero-order valence-electron chi connectivity index (χ0n) is 12.2. The van der Waals surface area contributed by atoms with Crippen LogP contribution in [0.3, 0.4) is 0 Å². The molecule has 2 atom stereocenters. The van der Waals surface area contributed by atoms with Gasteiger partial charge in [0.15, 0.2) is 5.69 Å². The normalized spacial score (nSPS) is 20.7. The molecule has 2 aromatic rings. The molecule has 0 radical (unpaired) electrons. The van der Waals surface area contributed by atoms with E-state index in [-0.39, 0.29) is 11.8 Å². The molecule has 1 fully saturated rings. The Labute approximate surface area is 143 Å². The van der Waals surface area contributed by atoms with Crippen LogP contribution in [0.4, 0.5) is 0 Å². The summed E-state index contributed by atoms with van der Waals surface area (Å²) in [5.41, 5.74) is 1.02. The molecule has 1 aromatic heterocycles. The Morgan fingerprint density at radius 2 is 2.17 bits per heavy atom. The van der Waals surface area contributed by atoms with Crippen LogP contribution in [-0.4, -0.2) is 46.5 Å². The van der Waals surface area contributed by atoms with Crippen molar-refractivity contribution in [3.63, 3.8) is 0 Å². The minimum Gasteiger partial charge on any atom is -0.391 e. The summed E-state index contributed by atoms with van der Waals surface area (Å²) in [7, 11) is 0. The number of carbonyl (C=O) groups is 1. The number of hydrogen-bond acceptors (Lipinski definition) is 4. The van der Waals surface area contributed by atoms with Crippen molar-refractivity contribution in [2.45, 2.75) is 6.10 Å². The molecule has 122 valence electrons. The Hall–Kier alpha value is -1.60. The van der Waals surface area contributed by atoms with Crippen LogP contribution in [0.15, 0.2) is 30.5 Å². The lowest BCUT2D eigenvalue weighted by atomic mass is 10.1. The third-order valence-corrected chi connectivity index (χ3v) is 4.56. The summed E-state index contributed by atoms with van der Waals surface area (Å²) < 4.78 is 1.56. The number of β-amino-alcohol motifs (C(OH)–C–C–N with tert-alkyl or cyclic N) is 1. The smallest absolute Gasteiger partial charge is 0.271 e. The highest BCUT2D eigenvalue weighted by Gasteiger charge is 2.25. The van der Waals surface area contributed by atoms with Gasteiger partial charge in [-0.15, -0.1) is 0 Å². The predicted molar refractivity (Wildman–Crippen MR) is 88.3 cm³/mol. The number of carbonyl (C=O) groups excluding carboxylic acids is 1. The van der Waals surface area contributed by atoms with Crippen LogP contribution in [0.5, 0.6) is 0 Å². The molecule has 6 nitrogen and oxygen atoms in total. The molecule has 3 N–H and O–H groups in total. The Kier molecular flexibility index (Phi) is 4.87. The number of halogens is 2. The van der Waals surface area contributed by atoms with E-state index in [9.17, 15) is 9.90 Å². The van der Waals surface area contributed by atoms with Gasteiger partial charge in [0.05, 0.1) is 21.8 Å². The molecule has 0 aliphatic carbocycles. The Bertz CT molecular complexity index is 719. The molecular formula is C15H16Cl2N4O2. The number of nitrogens with one attached hydrogen (secondary N) is 2. The van der Waals surface area contributed by atoms with Gasteiger partial charge < -0.3 is 15.7 Å². The van der Waals surface area contributed by atoms with Gasteiger partial charge in [-0.3, -0.25) is 4.79 Å². The molecule has 0 spiro atoms. The van der Waals surface area contributed by atoms with Gasteiger partial charge in [0.2, 0.25) is 0 Å². The maximum atomic E-state index is 12.1. The molecule has 0 saturated carbocycles. The van der Waals surface area contributed by atoms with Crippen LogP contribution in [0, 0.1) is 5.92 Å². The van der Waals surface area contributed by atoms with Gasteiger partial charge in [0, 0.05) is 31.7 Å². The van der Waals surface area contributed by atoms with Gasteiger partial charge in [-0.2, -0.15) is 5.10 Å². The second kappa shape index (κ2) is 6.88. The molecule has 1 amide bonds. The molecule has 2 unspecified atom stereocenters. The van der Waals surface area contributed by atoms with Crippen molar-refractivity contribution in [1.82, 2.24) is 20.4 Å². The van der Waals surface area contributed by atoms with Crippen LogP contribution >= 0.6 is 23.2 Å².